The number of nitrogens with one attached hydrogen (secondary N) is 3. The average molecular weight is 487 g/mol. The first-order chi connectivity index (χ1) is 16.7. The minimum absolute atomic E-state index is 0.0586. The molecule has 0 aliphatic rings. The summed E-state index contributed by atoms with van der Waals surface area (Å²) in [6.07, 6.45) is 0. The lowest BCUT2D eigenvalue weighted by Crippen LogP contribution is -2.39. The molecule has 11 heteroatoms. The predicted octanol–water partition coefficient (Wildman–Crippen LogP) is 2.47. The molecule has 0 aliphatic carbocycles. The zero-order valence-electron chi connectivity index (χ0n) is 18.0. The molecule has 3 amide bonds. The molecular weight excluding hydrogens is 467 g/mol. The Morgan fingerprint density at radius 2 is 1.34 bits per heavy atom. The molecule has 182 valence electrons. The fourth-order valence-corrected chi connectivity index (χ4v) is 3.21. The Labute approximate surface area is 197 Å². The monoisotopic (exact) mass is 487 g/mol. The number of amides is 3. The maximum absolute atomic E-state index is 13.5. The smallest absolute Gasteiger partial charge is 0.270 e. The topological polar surface area (TPSA) is 128 Å². The molecule has 1 atom stereocenters. The fourth-order valence-electron chi connectivity index (χ4n) is 3.21. The second-order valence-electron chi connectivity index (χ2n) is 7.32. The first-order valence-electron chi connectivity index (χ1n) is 10.2. The Bertz CT molecular complexity index is 1210. The van der Waals surface area contributed by atoms with Crippen LogP contribution < -0.4 is 16.1 Å². The van der Waals surface area contributed by atoms with E-state index in [0.29, 0.717) is 5.56 Å². The lowest BCUT2D eigenvalue weighted by atomic mass is 9.99. The van der Waals surface area contributed by atoms with Gasteiger partial charge in [-0.2, -0.15) is 0 Å². The van der Waals surface area contributed by atoms with Crippen molar-refractivity contribution in [3.63, 3.8) is 0 Å². The Hall–Kier alpha value is -4.22. The van der Waals surface area contributed by atoms with Crippen molar-refractivity contribution in [2.24, 2.45) is 0 Å². The van der Waals surface area contributed by atoms with Crippen molar-refractivity contribution in [1.29, 1.82) is 0 Å². The zero-order chi connectivity index (χ0) is 25.5. The lowest BCUT2D eigenvalue weighted by Gasteiger charge is -2.18. The van der Waals surface area contributed by atoms with E-state index in [0.717, 1.165) is 12.1 Å². The number of benzene rings is 3. The van der Waals surface area contributed by atoms with E-state index < -0.39 is 41.2 Å². The minimum atomic E-state index is -1.59. The summed E-state index contributed by atoms with van der Waals surface area (Å²) < 4.78 is 40.3. The second kappa shape index (κ2) is 11.3. The molecule has 1 unspecified atom stereocenters. The number of hydrogen-bond acceptors (Lipinski definition) is 5. The molecule has 35 heavy (non-hydrogen) atoms. The SMILES string of the molecule is O=C(NCCO)c1ccc(C(=O)NC(C(=O)NO)c2ccc(-c3cc(F)c(F)c(F)c3)cc2)cc1. The van der Waals surface area contributed by atoms with Crippen molar-refractivity contribution in [3.05, 3.63) is 94.8 Å². The minimum Gasteiger partial charge on any atom is -0.395 e. The van der Waals surface area contributed by atoms with Crippen LogP contribution in [0.3, 0.4) is 0 Å². The molecule has 3 aromatic carbocycles. The van der Waals surface area contributed by atoms with E-state index in [1.54, 1.807) is 0 Å². The van der Waals surface area contributed by atoms with Crippen LogP contribution >= 0.6 is 0 Å². The first-order valence-corrected chi connectivity index (χ1v) is 10.2. The second-order valence-corrected chi connectivity index (χ2v) is 7.32. The highest BCUT2D eigenvalue weighted by Gasteiger charge is 2.23. The Balaban J connectivity index is 1.79. The van der Waals surface area contributed by atoms with Crippen LogP contribution in [0.2, 0.25) is 0 Å². The maximum Gasteiger partial charge on any atom is 0.270 e. The molecule has 3 aromatic rings. The van der Waals surface area contributed by atoms with Gasteiger partial charge in [-0.05, 0) is 53.1 Å². The van der Waals surface area contributed by atoms with Gasteiger partial charge in [-0.25, -0.2) is 18.7 Å². The first kappa shape index (κ1) is 25.4. The summed E-state index contributed by atoms with van der Waals surface area (Å²) in [6.45, 7) is -0.151. The highest BCUT2D eigenvalue weighted by Crippen LogP contribution is 2.26. The van der Waals surface area contributed by atoms with Crippen molar-refractivity contribution in [3.8, 4) is 11.1 Å². The normalized spacial score (nSPS) is 11.5. The van der Waals surface area contributed by atoms with Gasteiger partial charge in [-0.1, -0.05) is 24.3 Å². The van der Waals surface area contributed by atoms with E-state index in [4.69, 9.17) is 10.3 Å². The van der Waals surface area contributed by atoms with Crippen LogP contribution in [0, 0.1) is 17.5 Å². The number of hydroxylamine groups is 1. The number of carbonyl (C=O) groups is 3. The van der Waals surface area contributed by atoms with E-state index in [9.17, 15) is 27.6 Å². The number of rotatable bonds is 8. The molecule has 0 radical (unpaired) electrons. The van der Waals surface area contributed by atoms with Crippen molar-refractivity contribution in [2.75, 3.05) is 13.2 Å². The van der Waals surface area contributed by atoms with Crippen molar-refractivity contribution >= 4 is 17.7 Å². The molecule has 0 bridgehead atoms. The average Bonchev–Trinajstić information content (AvgIpc) is 2.88. The van der Waals surface area contributed by atoms with Gasteiger partial charge in [0.25, 0.3) is 17.7 Å². The summed E-state index contributed by atoms with van der Waals surface area (Å²) in [7, 11) is 0. The van der Waals surface area contributed by atoms with Crippen LogP contribution in [0.4, 0.5) is 13.2 Å². The molecule has 0 saturated heterocycles. The molecular formula is C24H20F3N3O5. The van der Waals surface area contributed by atoms with Gasteiger partial charge in [-0.3, -0.25) is 19.6 Å². The number of aliphatic hydroxyl groups is 1. The van der Waals surface area contributed by atoms with Gasteiger partial charge in [0.15, 0.2) is 17.5 Å². The highest BCUT2D eigenvalue weighted by molar-refractivity contribution is 5.99. The summed E-state index contributed by atoms with van der Waals surface area (Å²) in [6, 6.07) is 11.4. The maximum atomic E-state index is 13.5. The van der Waals surface area contributed by atoms with Crippen LogP contribution in [0.15, 0.2) is 60.7 Å². The molecule has 0 spiro atoms. The summed E-state index contributed by atoms with van der Waals surface area (Å²) in [5.74, 6) is -6.38. The molecule has 0 aromatic heterocycles. The van der Waals surface area contributed by atoms with Crippen LogP contribution in [-0.4, -0.2) is 41.2 Å². The largest absolute Gasteiger partial charge is 0.395 e. The van der Waals surface area contributed by atoms with E-state index in [1.807, 2.05) is 0 Å². The van der Waals surface area contributed by atoms with E-state index >= 15 is 0 Å². The van der Waals surface area contributed by atoms with Crippen molar-refractivity contribution in [2.45, 2.75) is 6.04 Å². The van der Waals surface area contributed by atoms with Gasteiger partial charge in [0.05, 0.1) is 6.61 Å². The van der Waals surface area contributed by atoms with E-state index in [1.165, 1.54) is 54.0 Å². The Morgan fingerprint density at radius 3 is 1.86 bits per heavy atom. The third-order valence-corrected chi connectivity index (χ3v) is 5.02. The van der Waals surface area contributed by atoms with Gasteiger partial charge in [0.2, 0.25) is 0 Å². The molecule has 0 saturated carbocycles. The molecule has 0 fully saturated rings. The number of carbonyl (C=O) groups excluding carboxylic acids is 3. The van der Waals surface area contributed by atoms with Crippen LogP contribution in [0.25, 0.3) is 11.1 Å². The Kier molecular flexibility index (Phi) is 8.18. The fraction of sp³-hybridized carbons (Fsp3) is 0.125. The number of hydrogen-bond donors (Lipinski definition) is 5. The van der Waals surface area contributed by atoms with E-state index in [-0.39, 0.29) is 35.4 Å². The van der Waals surface area contributed by atoms with Crippen molar-refractivity contribution in [1.82, 2.24) is 16.1 Å². The molecule has 3 rings (SSSR count). The predicted molar refractivity (Wildman–Crippen MR) is 118 cm³/mol. The molecule has 8 nitrogen and oxygen atoms in total. The standard InChI is InChI=1S/C24H20F3N3O5/c25-18-11-17(12-19(26)20(18)27)13-1-3-14(4-2-13)21(24(34)30-35)29-23(33)16-7-5-15(6-8-16)22(32)28-9-10-31/h1-8,11-12,21,31,35H,9-10H2,(H,28,32)(H,29,33)(H,30,34). The third-order valence-electron chi connectivity index (χ3n) is 5.02. The van der Waals surface area contributed by atoms with Gasteiger partial charge in [0, 0.05) is 17.7 Å². The number of aliphatic hydroxyl groups excluding tert-OH is 1. The van der Waals surface area contributed by atoms with Crippen LogP contribution in [0.1, 0.15) is 32.3 Å². The Morgan fingerprint density at radius 1 is 0.800 bits per heavy atom. The summed E-state index contributed by atoms with van der Waals surface area (Å²) in [4.78, 5) is 36.8. The lowest BCUT2D eigenvalue weighted by molar-refractivity contribution is -0.131. The van der Waals surface area contributed by atoms with E-state index in [2.05, 4.69) is 10.6 Å². The van der Waals surface area contributed by atoms with Gasteiger partial charge < -0.3 is 15.7 Å². The van der Waals surface area contributed by atoms with Crippen molar-refractivity contribution < 1.29 is 37.9 Å². The van der Waals surface area contributed by atoms with Gasteiger partial charge >= 0.3 is 0 Å². The molecule has 5 N–H and O–H groups in total. The summed E-state index contributed by atoms with van der Waals surface area (Å²) in [5.41, 5.74) is 2.44. The van der Waals surface area contributed by atoms with Gasteiger partial charge in [0.1, 0.15) is 6.04 Å². The van der Waals surface area contributed by atoms with Gasteiger partial charge in [-0.15, -0.1) is 0 Å². The quantitative estimate of drug-likeness (QED) is 0.190. The number of halogens is 3. The summed E-state index contributed by atoms with van der Waals surface area (Å²) >= 11 is 0. The third kappa shape index (κ3) is 6.02. The van der Waals surface area contributed by atoms with Crippen LogP contribution in [-0.2, 0) is 4.79 Å². The molecule has 0 heterocycles. The van der Waals surface area contributed by atoms with Crippen LogP contribution in [0.5, 0.6) is 0 Å². The highest BCUT2D eigenvalue weighted by atomic mass is 19.2. The zero-order valence-corrected chi connectivity index (χ0v) is 18.0. The summed E-state index contributed by atoms with van der Waals surface area (Å²) in [5, 5.41) is 22.8. The molecule has 0 aliphatic heterocycles.